The molecule has 1 aromatic carbocycles. The van der Waals surface area contributed by atoms with Crippen molar-refractivity contribution >= 4 is 5.69 Å². The Morgan fingerprint density at radius 2 is 2.11 bits per heavy atom. The van der Waals surface area contributed by atoms with Gasteiger partial charge in [0, 0.05) is 18.7 Å². The molecular formula is C12H18N2O5. The first-order chi connectivity index (χ1) is 8.74. The number of nitrogens with zero attached hydrogens (tertiary/aromatic N) is 1. The van der Waals surface area contributed by atoms with Gasteiger partial charge in [0.2, 0.25) is 0 Å². The zero-order valence-corrected chi connectivity index (χ0v) is 11.1. The van der Waals surface area contributed by atoms with E-state index in [0.717, 1.165) is 6.07 Å². The third-order valence-corrected chi connectivity index (χ3v) is 2.45. The van der Waals surface area contributed by atoms with Crippen molar-refractivity contribution in [1.82, 2.24) is 5.32 Å². The lowest BCUT2D eigenvalue weighted by molar-refractivity contribution is -0.385. The molecular weight excluding hydrogens is 252 g/mol. The van der Waals surface area contributed by atoms with Crippen LogP contribution in [0.25, 0.3) is 0 Å². The van der Waals surface area contributed by atoms with E-state index in [9.17, 15) is 20.3 Å². The number of rotatable bonds is 6. The van der Waals surface area contributed by atoms with Gasteiger partial charge >= 0.3 is 0 Å². The SMILES string of the molecule is COc1cc(CNCC(C)(C)O)c([N+](=O)[O-])cc1O. The Balaban J connectivity index is 2.94. The minimum atomic E-state index is -0.907. The van der Waals surface area contributed by atoms with Gasteiger partial charge in [-0.1, -0.05) is 0 Å². The van der Waals surface area contributed by atoms with Crippen LogP contribution in [0.2, 0.25) is 0 Å². The molecule has 0 amide bonds. The summed E-state index contributed by atoms with van der Waals surface area (Å²) in [5.74, 6) is -0.105. The molecule has 0 atom stereocenters. The molecule has 0 heterocycles. The first kappa shape index (κ1) is 15.2. The van der Waals surface area contributed by atoms with Crippen LogP contribution in [0.15, 0.2) is 12.1 Å². The minimum absolute atomic E-state index is 0.172. The average Bonchev–Trinajstić information content (AvgIpc) is 2.28. The van der Waals surface area contributed by atoms with Crippen molar-refractivity contribution in [1.29, 1.82) is 0 Å². The van der Waals surface area contributed by atoms with Crippen molar-refractivity contribution in [2.24, 2.45) is 0 Å². The maximum atomic E-state index is 10.9. The Morgan fingerprint density at radius 1 is 1.47 bits per heavy atom. The number of phenols is 1. The van der Waals surface area contributed by atoms with Gasteiger partial charge in [-0.25, -0.2) is 0 Å². The molecule has 19 heavy (non-hydrogen) atoms. The molecule has 7 heteroatoms. The zero-order chi connectivity index (χ0) is 14.6. The number of methoxy groups -OCH3 is 1. The number of aromatic hydroxyl groups is 1. The highest BCUT2D eigenvalue weighted by atomic mass is 16.6. The molecule has 0 radical (unpaired) electrons. The molecule has 7 nitrogen and oxygen atoms in total. The first-order valence-corrected chi connectivity index (χ1v) is 5.72. The lowest BCUT2D eigenvalue weighted by atomic mass is 10.1. The quantitative estimate of drug-likeness (QED) is 0.529. The van der Waals surface area contributed by atoms with Crippen LogP contribution in [0.1, 0.15) is 19.4 Å². The highest BCUT2D eigenvalue weighted by molar-refractivity contribution is 5.53. The summed E-state index contributed by atoms with van der Waals surface area (Å²) in [6, 6.07) is 2.46. The number of aliphatic hydroxyl groups is 1. The second-order valence-corrected chi connectivity index (χ2v) is 4.83. The number of ether oxygens (including phenoxy) is 1. The van der Waals surface area contributed by atoms with E-state index in [4.69, 9.17) is 4.74 Å². The molecule has 0 saturated heterocycles. The van der Waals surface area contributed by atoms with E-state index in [1.807, 2.05) is 0 Å². The fourth-order valence-electron chi connectivity index (χ4n) is 1.58. The van der Waals surface area contributed by atoms with Crippen molar-refractivity contribution in [2.45, 2.75) is 26.0 Å². The van der Waals surface area contributed by atoms with E-state index in [1.54, 1.807) is 13.8 Å². The number of hydrogen-bond acceptors (Lipinski definition) is 6. The van der Waals surface area contributed by atoms with E-state index in [-0.39, 0.29) is 30.3 Å². The molecule has 0 aliphatic carbocycles. The van der Waals surface area contributed by atoms with E-state index >= 15 is 0 Å². The van der Waals surface area contributed by atoms with Gasteiger partial charge in [0.05, 0.1) is 23.7 Å². The zero-order valence-electron chi connectivity index (χ0n) is 11.1. The third kappa shape index (κ3) is 4.38. The maximum Gasteiger partial charge on any atom is 0.277 e. The molecule has 1 aromatic rings. The third-order valence-electron chi connectivity index (χ3n) is 2.45. The van der Waals surface area contributed by atoms with Crippen molar-refractivity contribution in [3.63, 3.8) is 0 Å². The van der Waals surface area contributed by atoms with Crippen LogP contribution in [0, 0.1) is 10.1 Å². The summed E-state index contributed by atoms with van der Waals surface area (Å²) in [5, 5.41) is 32.9. The van der Waals surface area contributed by atoms with Crippen LogP contribution in [-0.2, 0) is 6.54 Å². The Kier molecular flexibility index (Phi) is 4.68. The molecule has 0 fully saturated rings. The molecule has 0 aliphatic rings. The summed E-state index contributed by atoms with van der Waals surface area (Å²) in [7, 11) is 1.37. The van der Waals surface area contributed by atoms with E-state index in [2.05, 4.69) is 5.32 Å². The van der Waals surface area contributed by atoms with Gasteiger partial charge < -0.3 is 20.3 Å². The minimum Gasteiger partial charge on any atom is -0.504 e. The predicted octanol–water partition coefficient (Wildman–Crippen LogP) is 1.17. The molecule has 0 spiro atoms. The highest BCUT2D eigenvalue weighted by Gasteiger charge is 2.19. The van der Waals surface area contributed by atoms with Gasteiger partial charge in [-0.05, 0) is 19.9 Å². The lowest BCUT2D eigenvalue weighted by Crippen LogP contribution is -2.34. The van der Waals surface area contributed by atoms with Gasteiger partial charge in [0.25, 0.3) is 5.69 Å². The summed E-state index contributed by atoms with van der Waals surface area (Å²) in [4.78, 5) is 10.3. The average molecular weight is 270 g/mol. The van der Waals surface area contributed by atoms with Crippen LogP contribution in [-0.4, -0.2) is 34.4 Å². The predicted molar refractivity (Wildman–Crippen MR) is 69.3 cm³/mol. The molecule has 0 aliphatic heterocycles. The summed E-state index contributed by atoms with van der Waals surface area (Å²) in [6.45, 7) is 3.74. The van der Waals surface area contributed by atoms with Crippen LogP contribution in [0.5, 0.6) is 11.5 Å². The van der Waals surface area contributed by atoms with E-state index < -0.39 is 10.5 Å². The van der Waals surface area contributed by atoms with Crippen LogP contribution in [0.4, 0.5) is 5.69 Å². The molecule has 0 bridgehead atoms. The molecule has 3 N–H and O–H groups in total. The topological polar surface area (TPSA) is 105 Å². The fourth-order valence-corrected chi connectivity index (χ4v) is 1.58. The van der Waals surface area contributed by atoms with E-state index in [1.165, 1.54) is 13.2 Å². The van der Waals surface area contributed by atoms with Crippen molar-refractivity contribution in [3.05, 3.63) is 27.8 Å². The Hall–Kier alpha value is -1.86. The molecule has 0 unspecified atom stereocenters. The molecule has 1 rings (SSSR count). The number of benzene rings is 1. The molecule has 0 saturated carbocycles. The van der Waals surface area contributed by atoms with Crippen molar-refractivity contribution in [3.8, 4) is 11.5 Å². The van der Waals surface area contributed by atoms with Crippen molar-refractivity contribution < 1.29 is 19.9 Å². The second-order valence-electron chi connectivity index (χ2n) is 4.83. The Labute approximate surface area is 111 Å². The first-order valence-electron chi connectivity index (χ1n) is 5.72. The normalized spacial score (nSPS) is 11.4. The standard InChI is InChI=1S/C12H18N2O5/c1-12(2,16)7-13-6-8-4-11(19-3)10(15)5-9(8)14(17)18/h4-5,13,15-16H,6-7H2,1-3H3. The Bertz CT molecular complexity index is 468. The van der Waals surface area contributed by atoms with Gasteiger partial charge in [-0.3, -0.25) is 10.1 Å². The fraction of sp³-hybridized carbons (Fsp3) is 0.500. The molecule has 106 valence electrons. The maximum absolute atomic E-state index is 10.9. The summed E-state index contributed by atoms with van der Waals surface area (Å²) < 4.78 is 4.92. The summed E-state index contributed by atoms with van der Waals surface area (Å²) >= 11 is 0. The second kappa shape index (κ2) is 5.85. The number of hydrogen-bond donors (Lipinski definition) is 3. The number of nitro groups is 1. The van der Waals surface area contributed by atoms with Gasteiger partial charge in [-0.15, -0.1) is 0 Å². The van der Waals surface area contributed by atoms with Gasteiger partial charge in [0.15, 0.2) is 11.5 Å². The largest absolute Gasteiger partial charge is 0.504 e. The number of nitro benzene ring substituents is 1. The molecule has 0 aromatic heterocycles. The summed E-state index contributed by atoms with van der Waals surface area (Å²) in [5.41, 5.74) is -0.721. The van der Waals surface area contributed by atoms with Crippen LogP contribution >= 0.6 is 0 Å². The van der Waals surface area contributed by atoms with Gasteiger partial charge in [0.1, 0.15) is 0 Å². The number of nitrogens with one attached hydrogen (secondary N) is 1. The summed E-state index contributed by atoms with van der Waals surface area (Å²) in [6.07, 6.45) is 0. The monoisotopic (exact) mass is 270 g/mol. The van der Waals surface area contributed by atoms with Gasteiger partial charge in [-0.2, -0.15) is 0 Å². The van der Waals surface area contributed by atoms with Crippen LogP contribution in [0.3, 0.4) is 0 Å². The van der Waals surface area contributed by atoms with Crippen LogP contribution < -0.4 is 10.1 Å². The smallest absolute Gasteiger partial charge is 0.277 e. The lowest BCUT2D eigenvalue weighted by Gasteiger charge is -2.17. The number of phenolic OH excluding ortho intramolecular Hbond substituents is 1. The van der Waals surface area contributed by atoms with E-state index in [0.29, 0.717) is 5.56 Å². The van der Waals surface area contributed by atoms with Crippen molar-refractivity contribution in [2.75, 3.05) is 13.7 Å². The highest BCUT2D eigenvalue weighted by Crippen LogP contribution is 2.33. The Morgan fingerprint density at radius 3 is 2.58 bits per heavy atom.